The Morgan fingerprint density at radius 1 is 1.09 bits per heavy atom. The average molecular weight is 635 g/mol. The third-order valence-electron chi connectivity index (χ3n) is 5.99. The van der Waals surface area contributed by atoms with E-state index in [-0.39, 0.29) is 45.4 Å². The van der Waals surface area contributed by atoms with Crippen LogP contribution in [0.25, 0.3) is 11.0 Å². The number of anilines is 1. The number of nitrogens with one attached hydrogen (secondary N) is 3. The van der Waals surface area contributed by atoms with Crippen molar-refractivity contribution in [2.45, 2.75) is 25.6 Å². The van der Waals surface area contributed by atoms with E-state index in [2.05, 4.69) is 25.6 Å². The molecule has 4 aromatic rings. The summed E-state index contributed by atoms with van der Waals surface area (Å²) in [7, 11) is 1.42. The van der Waals surface area contributed by atoms with Gasteiger partial charge < -0.3 is 31.2 Å². The quantitative estimate of drug-likeness (QED) is 0.191. The minimum Gasteiger partial charge on any atom is -0.475 e. The van der Waals surface area contributed by atoms with Crippen LogP contribution in [0.3, 0.4) is 0 Å². The normalized spacial score (nSPS) is 11.6. The Morgan fingerprint density at radius 3 is 2.34 bits per heavy atom. The minimum atomic E-state index is -5.08. The van der Waals surface area contributed by atoms with Gasteiger partial charge in [-0.05, 0) is 49.7 Å². The van der Waals surface area contributed by atoms with Crippen LogP contribution in [0.1, 0.15) is 44.4 Å². The summed E-state index contributed by atoms with van der Waals surface area (Å²) in [4.78, 5) is 58.4. The number of H-pyrrole nitrogens is 1. The van der Waals surface area contributed by atoms with Crippen molar-refractivity contribution in [1.29, 1.82) is 0 Å². The minimum absolute atomic E-state index is 0.0979. The van der Waals surface area contributed by atoms with Gasteiger partial charge in [0.2, 0.25) is 0 Å². The molecule has 2 aromatic carbocycles. The first kappa shape index (κ1) is 33.5. The molecule has 16 heteroatoms. The van der Waals surface area contributed by atoms with Gasteiger partial charge in [0, 0.05) is 10.9 Å². The van der Waals surface area contributed by atoms with Gasteiger partial charge in [-0.2, -0.15) is 23.1 Å². The number of pyridine rings is 1. The van der Waals surface area contributed by atoms with E-state index in [1.165, 1.54) is 25.3 Å². The standard InChI is InChI=1S/C26H25ClN6O4.C2HF3O2/c1-14-17-13-18(25(36)32-22(17)33-26(29-14)37-2)24(35)31-21-12-16(8-9-19(21)27)23(34)30-20(10-11-28)15-6-4-3-5-7-15;3-2(4,5)1(6)7/h3-9,12-13,20H,10-11,28H2,1-2H3,(H,30,34)(H,31,35)(H,29,32,33,36);(H,6,7). The Bertz CT molecular complexity index is 1730. The number of hydrogen-bond acceptors (Lipinski definition) is 8. The van der Waals surface area contributed by atoms with Gasteiger partial charge in [-0.1, -0.05) is 41.9 Å². The van der Waals surface area contributed by atoms with Gasteiger partial charge in [0.1, 0.15) is 11.2 Å². The van der Waals surface area contributed by atoms with Crippen LogP contribution < -0.4 is 26.7 Å². The van der Waals surface area contributed by atoms with E-state index < -0.39 is 23.6 Å². The van der Waals surface area contributed by atoms with Crippen LogP contribution in [0.5, 0.6) is 6.01 Å². The highest BCUT2D eigenvalue weighted by Crippen LogP contribution is 2.25. The number of carbonyl (C=O) groups excluding carboxylic acids is 2. The van der Waals surface area contributed by atoms with Crippen LogP contribution in [0.4, 0.5) is 18.9 Å². The number of nitrogens with two attached hydrogens (primary N) is 1. The van der Waals surface area contributed by atoms with Crippen molar-refractivity contribution in [3.63, 3.8) is 0 Å². The van der Waals surface area contributed by atoms with Crippen LogP contribution >= 0.6 is 11.6 Å². The predicted molar refractivity (Wildman–Crippen MR) is 155 cm³/mol. The van der Waals surface area contributed by atoms with Crippen molar-refractivity contribution in [1.82, 2.24) is 20.3 Å². The first-order valence-electron chi connectivity index (χ1n) is 12.7. The number of ether oxygens (including phenoxy) is 1. The molecule has 2 heterocycles. The number of carboxylic acid groups (broad SMARTS) is 1. The monoisotopic (exact) mass is 634 g/mol. The molecule has 0 aliphatic carbocycles. The highest BCUT2D eigenvalue weighted by atomic mass is 35.5. The molecule has 44 heavy (non-hydrogen) atoms. The summed E-state index contributed by atoms with van der Waals surface area (Å²) >= 11 is 6.29. The lowest BCUT2D eigenvalue weighted by atomic mass is 10.0. The molecular weight excluding hydrogens is 609 g/mol. The van der Waals surface area contributed by atoms with E-state index in [4.69, 9.17) is 32.0 Å². The van der Waals surface area contributed by atoms with Gasteiger partial charge in [0.05, 0.1) is 29.6 Å². The van der Waals surface area contributed by atoms with Crippen molar-refractivity contribution in [2.24, 2.45) is 5.73 Å². The molecule has 12 nitrogen and oxygen atoms in total. The molecule has 0 spiro atoms. The summed E-state index contributed by atoms with van der Waals surface area (Å²) in [5.74, 6) is -3.82. The molecule has 2 aromatic heterocycles. The summed E-state index contributed by atoms with van der Waals surface area (Å²) in [6.07, 6.45) is -4.54. The lowest BCUT2D eigenvalue weighted by Gasteiger charge is -2.19. The summed E-state index contributed by atoms with van der Waals surface area (Å²) < 4.78 is 36.8. The van der Waals surface area contributed by atoms with Crippen LogP contribution in [0, 0.1) is 6.92 Å². The number of amides is 2. The largest absolute Gasteiger partial charge is 0.490 e. The van der Waals surface area contributed by atoms with Gasteiger partial charge >= 0.3 is 18.2 Å². The van der Waals surface area contributed by atoms with Gasteiger partial charge in [0.15, 0.2) is 0 Å². The molecule has 1 unspecified atom stereocenters. The second-order valence-electron chi connectivity index (χ2n) is 9.04. The smallest absolute Gasteiger partial charge is 0.475 e. The number of hydrogen-bond donors (Lipinski definition) is 5. The van der Waals surface area contributed by atoms with E-state index in [1.54, 1.807) is 13.0 Å². The zero-order valence-corrected chi connectivity index (χ0v) is 23.9. The number of carboxylic acids is 1. The molecule has 232 valence electrons. The predicted octanol–water partition coefficient (Wildman–Crippen LogP) is 3.99. The average Bonchev–Trinajstić information content (AvgIpc) is 2.97. The number of aliphatic carboxylic acids is 1. The number of benzene rings is 2. The fraction of sp³-hybridized carbons (Fsp3) is 0.214. The van der Waals surface area contributed by atoms with Crippen LogP contribution in [-0.4, -0.2) is 57.7 Å². The van der Waals surface area contributed by atoms with Gasteiger partial charge in [0.25, 0.3) is 17.4 Å². The van der Waals surface area contributed by atoms with Crippen LogP contribution in [0.2, 0.25) is 5.02 Å². The molecule has 0 saturated carbocycles. The van der Waals surface area contributed by atoms with Gasteiger partial charge in [-0.15, -0.1) is 0 Å². The Hall–Kier alpha value is -5.02. The third kappa shape index (κ3) is 8.52. The Balaban J connectivity index is 0.000000676. The number of aryl methyl sites for hydroxylation is 1. The van der Waals surface area contributed by atoms with E-state index in [0.29, 0.717) is 24.0 Å². The van der Waals surface area contributed by atoms with E-state index >= 15 is 0 Å². The highest BCUT2D eigenvalue weighted by Gasteiger charge is 2.38. The first-order chi connectivity index (χ1) is 20.7. The summed E-state index contributed by atoms with van der Waals surface area (Å²) in [5.41, 5.74) is 7.08. The number of alkyl halides is 3. The highest BCUT2D eigenvalue weighted by molar-refractivity contribution is 6.34. The van der Waals surface area contributed by atoms with Crippen molar-refractivity contribution >= 4 is 46.1 Å². The maximum absolute atomic E-state index is 13.0. The molecule has 0 aliphatic rings. The van der Waals surface area contributed by atoms with Crippen LogP contribution in [0.15, 0.2) is 59.4 Å². The van der Waals surface area contributed by atoms with Crippen molar-refractivity contribution in [2.75, 3.05) is 19.0 Å². The molecule has 6 N–H and O–H groups in total. The van der Waals surface area contributed by atoms with Gasteiger partial charge in [-0.3, -0.25) is 14.4 Å². The fourth-order valence-corrected chi connectivity index (χ4v) is 4.00. The lowest BCUT2D eigenvalue weighted by molar-refractivity contribution is -0.192. The molecule has 2 amide bonds. The molecule has 0 aliphatic heterocycles. The molecule has 0 radical (unpaired) electrons. The number of aromatic amines is 1. The number of carbonyl (C=O) groups is 3. The van der Waals surface area contributed by atoms with E-state index in [0.717, 1.165) is 5.56 Å². The lowest BCUT2D eigenvalue weighted by Crippen LogP contribution is -2.30. The Kier molecular flexibility index (Phi) is 11.0. The molecule has 0 saturated heterocycles. The van der Waals surface area contributed by atoms with Crippen molar-refractivity contribution in [3.8, 4) is 6.01 Å². The third-order valence-corrected chi connectivity index (χ3v) is 6.32. The Labute approximate surface area is 252 Å². The number of rotatable bonds is 8. The van der Waals surface area contributed by atoms with Crippen molar-refractivity contribution < 1.29 is 37.4 Å². The number of aromatic nitrogens is 3. The first-order valence-corrected chi connectivity index (χ1v) is 13.1. The van der Waals surface area contributed by atoms with Gasteiger partial charge in [-0.25, -0.2) is 4.79 Å². The fourth-order valence-electron chi connectivity index (χ4n) is 3.84. The second-order valence-corrected chi connectivity index (χ2v) is 9.44. The number of methoxy groups -OCH3 is 1. The molecule has 0 bridgehead atoms. The number of nitrogens with zero attached hydrogens (tertiary/aromatic N) is 2. The zero-order chi connectivity index (χ0) is 32.6. The second kappa shape index (κ2) is 14.4. The van der Waals surface area contributed by atoms with E-state index in [9.17, 15) is 27.6 Å². The molecular formula is C28H26ClF3N6O6. The maximum Gasteiger partial charge on any atom is 0.490 e. The summed E-state index contributed by atoms with van der Waals surface area (Å²) in [6, 6.07) is 15.2. The van der Waals surface area contributed by atoms with Crippen molar-refractivity contribution in [3.05, 3.63) is 92.4 Å². The topological polar surface area (TPSA) is 189 Å². The summed E-state index contributed by atoms with van der Waals surface area (Å²) in [5, 5.41) is 13.4. The SMILES string of the molecule is COc1nc(C)c2cc(C(=O)Nc3cc(C(=O)NC(CCN)c4ccccc4)ccc3Cl)c(=O)[nH]c2n1.O=C(O)C(F)(F)F. The molecule has 1 atom stereocenters. The number of fused-ring (bicyclic) bond motifs is 1. The molecule has 0 fully saturated rings. The summed E-state index contributed by atoms with van der Waals surface area (Å²) in [6.45, 7) is 2.10. The maximum atomic E-state index is 13.0. The van der Waals surface area contributed by atoms with Crippen LogP contribution in [-0.2, 0) is 4.79 Å². The zero-order valence-electron chi connectivity index (χ0n) is 23.2. The number of halogens is 4. The van der Waals surface area contributed by atoms with E-state index in [1.807, 2.05) is 30.3 Å². The molecule has 4 rings (SSSR count). The Morgan fingerprint density at radius 2 is 1.75 bits per heavy atom.